The maximum Gasteiger partial charge on any atom is 0.219 e. The monoisotopic (exact) mass is 297 g/mol. The van der Waals surface area contributed by atoms with Crippen LogP contribution in [0.15, 0.2) is 0 Å². The minimum Gasteiger partial charge on any atom is -0.212 e. The van der Waals surface area contributed by atoms with Gasteiger partial charge < -0.3 is 0 Å². The van der Waals surface area contributed by atoms with Crippen molar-refractivity contribution in [3.63, 3.8) is 0 Å². The maximum absolute atomic E-state index is 12.2. The average Bonchev–Trinajstić information content (AvgIpc) is 2.07. The Kier molecular flexibility index (Phi) is 3.89. The van der Waals surface area contributed by atoms with Gasteiger partial charge in [0.1, 0.15) is 0 Å². The molecule has 0 spiro atoms. The number of rotatable bonds is 1. The van der Waals surface area contributed by atoms with Gasteiger partial charge in [0.05, 0.1) is 4.75 Å². The van der Waals surface area contributed by atoms with Crippen LogP contribution in [-0.2, 0) is 10.0 Å². The lowest BCUT2D eigenvalue weighted by Gasteiger charge is -2.37. The van der Waals surface area contributed by atoms with Gasteiger partial charge in [-0.2, -0.15) is 0 Å². The van der Waals surface area contributed by atoms with Gasteiger partial charge in [-0.3, -0.25) is 0 Å². The Balaban J connectivity index is 2.83. The summed E-state index contributed by atoms with van der Waals surface area (Å²) >= 11 is 3.58. The van der Waals surface area contributed by atoms with Crippen LogP contribution in [-0.4, -0.2) is 35.4 Å². The van der Waals surface area contributed by atoms with Crippen LogP contribution in [0.1, 0.15) is 34.1 Å². The number of hydrogen-bond donors (Lipinski definition) is 0. The van der Waals surface area contributed by atoms with E-state index in [-0.39, 0.29) is 0 Å². The van der Waals surface area contributed by atoms with Crippen LogP contribution in [0.5, 0.6) is 0 Å². The first-order valence-corrected chi connectivity index (χ1v) is 7.65. The second-order valence-corrected chi connectivity index (χ2v) is 9.12. The van der Waals surface area contributed by atoms with E-state index in [1.54, 1.807) is 25.1 Å². The molecule has 15 heavy (non-hydrogen) atoms. The molecule has 0 radical (unpaired) electrons. The highest BCUT2D eigenvalue weighted by molar-refractivity contribution is 9.09. The predicted molar refractivity (Wildman–Crippen MR) is 66.7 cm³/mol. The molecular weight excluding hydrogens is 278 g/mol. The van der Waals surface area contributed by atoms with Crippen LogP contribution in [0, 0.1) is 5.92 Å². The summed E-state index contributed by atoms with van der Waals surface area (Å²) in [6.45, 7) is 8.63. The van der Waals surface area contributed by atoms with Gasteiger partial charge >= 0.3 is 0 Å². The second kappa shape index (κ2) is 4.34. The minimum absolute atomic E-state index is 0.385. The van der Waals surface area contributed by atoms with Crippen LogP contribution in [0.3, 0.4) is 0 Å². The van der Waals surface area contributed by atoms with E-state index in [1.807, 2.05) is 0 Å². The highest BCUT2D eigenvalue weighted by atomic mass is 79.9. The van der Waals surface area contributed by atoms with Gasteiger partial charge in [-0.05, 0) is 33.1 Å². The number of sulfonamides is 1. The topological polar surface area (TPSA) is 37.4 Å². The highest BCUT2D eigenvalue weighted by Gasteiger charge is 2.38. The Bertz CT molecular complexity index is 321. The van der Waals surface area contributed by atoms with Gasteiger partial charge in [-0.25, -0.2) is 12.7 Å². The zero-order chi connectivity index (χ0) is 11.9. The Labute approximate surface area is 101 Å². The van der Waals surface area contributed by atoms with E-state index in [0.29, 0.717) is 23.8 Å². The van der Waals surface area contributed by atoms with E-state index in [2.05, 4.69) is 22.9 Å². The van der Waals surface area contributed by atoms with Crippen LogP contribution >= 0.6 is 15.9 Å². The molecule has 1 rings (SSSR count). The van der Waals surface area contributed by atoms with Crippen molar-refractivity contribution in [2.75, 3.05) is 13.1 Å². The zero-order valence-corrected chi connectivity index (χ0v) is 12.2. The van der Waals surface area contributed by atoms with Crippen molar-refractivity contribution in [1.29, 1.82) is 0 Å². The fourth-order valence-corrected chi connectivity index (χ4v) is 3.61. The molecule has 0 aliphatic carbocycles. The predicted octanol–water partition coefficient (Wildman–Crippen LogP) is 2.22. The zero-order valence-electron chi connectivity index (χ0n) is 9.83. The van der Waals surface area contributed by atoms with Crippen molar-refractivity contribution in [3.8, 4) is 0 Å². The Hall–Kier alpha value is 0.390. The Morgan fingerprint density at radius 2 is 1.87 bits per heavy atom. The van der Waals surface area contributed by atoms with Crippen molar-refractivity contribution in [2.45, 2.75) is 43.7 Å². The summed E-state index contributed by atoms with van der Waals surface area (Å²) in [7, 11) is -3.14. The molecule has 0 aromatic rings. The summed E-state index contributed by atoms with van der Waals surface area (Å²) in [6, 6.07) is 0. The lowest BCUT2D eigenvalue weighted by atomic mass is 10.0. The summed E-state index contributed by atoms with van der Waals surface area (Å²) in [5, 5.41) is 0. The first-order chi connectivity index (χ1) is 6.66. The molecule has 3 nitrogen and oxygen atoms in total. The molecule has 1 fully saturated rings. The fraction of sp³-hybridized carbons (Fsp3) is 1.00. The van der Waals surface area contributed by atoms with Crippen molar-refractivity contribution >= 4 is 26.0 Å². The number of piperidine rings is 1. The second-order valence-electron chi connectivity index (χ2n) is 5.26. The van der Waals surface area contributed by atoms with Crippen molar-refractivity contribution < 1.29 is 8.42 Å². The molecule has 1 aliphatic rings. The molecule has 90 valence electrons. The third-order valence-corrected chi connectivity index (χ3v) is 6.80. The first-order valence-electron chi connectivity index (χ1n) is 5.30. The van der Waals surface area contributed by atoms with Crippen LogP contribution in [0.25, 0.3) is 0 Å². The van der Waals surface area contributed by atoms with Gasteiger partial charge in [-0.1, -0.05) is 22.9 Å². The van der Waals surface area contributed by atoms with E-state index in [9.17, 15) is 8.42 Å². The van der Waals surface area contributed by atoms with Crippen molar-refractivity contribution in [3.05, 3.63) is 0 Å². The van der Waals surface area contributed by atoms with Crippen LogP contribution in [0.4, 0.5) is 0 Å². The fourth-order valence-electron chi connectivity index (χ4n) is 1.68. The van der Waals surface area contributed by atoms with Crippen molar-refractivity contribution in [1.82, 2.24) is 4.31 Å². The summed E-state index contributed by atoms with van der Waals surface area (Å²) in [5.41, 5.74) is 0. The molecule has 0 aromatic heterocycles. The third-order valence-electron chi connectivity index (χ3n) is 2.88. The molecule has 2 atom stereocenters. The number of halogens is 1. The van der Waals surface area contributed by atoms with Crippen LogP contribution in [0.2, 0.25) is 0 Å². The molecule has 1 saturated heterocycles. The molecule has 1 heterocycles. The third kappa shape index (κ3) is 2.74. The largest absolute Gasteiger partial charge is 0.219 e. The molecule has 2 unspecified atom stereocenters. The van der Waals surface area contributed by atoms with Gasteiger partial charge in [-0.15, -0.1) is 0 Å². The van der Waals surface area contributed by atoms with Crippen LogP contribution < -0.4 is 0 Å². The van der Waals surface area contributed by atoms with E-state index >= 15 is 0 Å². The van der Waals surface area contributed by atoms with E-state index in [0.717, 1.165) is 6.42 Å². The van der Waals surface area contributed by atoms with Gasteiger partial charge in [0.2, 0.25) is 10.0 Å². The quantitative estimate of drug-likeness (QED) is 0.696. The standard InChI is InChI=1S/C10H20BrNO2S/c1-8-7-12(6-5-9(8)11)15(13,14)10(2,3)4/h8-9H,5-7H2,1-4H3. The molecule has 0 amide bonds. The number of alkyl halides is 1. The maximum atomic E-state index is 12.2. The lowest BCUT2D eigenvalue weighted by molar-refractivity contribution is 0.285. The van der Waals surface area contributed by atoms with E-state index in [1.165, 1.54) is 0 Å². The Morgan fingerprint density at radius 1 is 1.33 bits per heavy atom. The molecule has 0 N–H and O–H groups in total. The van der Waals surface area contributed by atoms with Gasteiger partial charge in [0.25, 0.3) is 0 Å². The Morgan fingerprint density at radius 3 is 2.27 bits per heavy atom. The SMILES string of the molecule is CC1CN(S(=O)(=O)C(C)(C)C)CCC1Br. The first kappa shape index (κ1) is 13.5. The number of hydrogen-bond acceptors (Lipinski definition) is 2. The van der Waals surface area contributed by atoms with Gasteiger partial charge in [0.15, 0.2) is 0 Å². The summed E-state index contributed by atoms with van der Waals surface area (Å²) in [5.74, 6) is 0.385. The summed E-state index contributed by atoms with van der Waals surface area (Å²) < 4.78 is 25.3. The molecule has 1 aliphatic heterocycles. The summed E-state index contributed by atoms with van der Waals surface area (Å²) in [6.07, 6.45) is 0.899. The molecule has 0 saturated carbocycles. The smallest absolute Gasteiger partial charge is 0.212 e. The lowest BCUT2D eigenvalue weighted by Crippen LogP contribution is -2.49. The van der Waals surface area contributed by atoms with E-state index < -0.39 is 14.8 Å². The van der Waals surface area contributed by atoms with Crippen molar-refractivity contribution in [2.24, 2.45) is 5.92 Å². The van der Waals surface area contributed by atoms with E-state index in [4.69, 9.17) is 0 Å². The number of nitrogens with zero attached hydrogens (tertiary/aromatic N) is 1. The molecule has 0 bridgehead atoms. The molecule has 5 heteroatoms. The average molecular weight is 298 g/mol. The summed E-state index contributed by atoms with van der Waals surface area (Å²) in [4.78, 5) is 0.448. The normalized spacial score (nSPS) is 30.5. The molecule has 0 aromatic carbocycles. The minimum atomic E-state index is -3.14. The van der Waals surface area contributed by atoms with Gasteiger partial charge in [0, 0.05) is 17.9 Å². The molecular formula is C10H20BrNO2S. The highest BCUT2D eigenvalue weighted by Crippen LogP contribution is 2.29.